The van der Waals surface area contributed by atoms with Gasteiger partial charge in [0.15, 0.2) is 0 Å². The Morgan fingerprint density at radius 3 is 2.62 bits per heavy atom. The number of hydrogen-bond donors (Lipinski definition) is 2. The van der Waals surface area contributed by atoms with Crippen LogP contribution in [-0.4, -0.2) is 60.9 Å². The van der Waals surface area contributed by atoms with Crippen LogP contribution in [0.15, 0.2) is 0 Å². The molecule has 2 aliphatic rings. The fourth-order valence-electron chi connectivity index (χ4n) is 3.15. The maximum atomic E-state index is 12.3. The summed E-state index contributed by atoms with van der Waals surface area (Å²) in [6.45, 7) is 6.28. The summed E-state index contributed by atoms with van der Waals surface area (Å²) in [4.78, 5) is 27.5. The molecule has 2 unspecified atom stereocenters. The number of amides is 2. The number of primary amides is 1. The van der Waals surface area contributed by atoms with Gasteiger partial charge in [0.2, 0.25) is 11.8 Å². The Morgan fingerprint density at radius 1 is 1.33 bits per heavy atom. The number of rotatable bonds is 4. The molecule has 0 bridgehead atoms. The number of halogens is 1. The monoisotopic (exact) mass is 318 g/mol. The molecule has 4 N–H and O–H groups in total. The lowest BCUT2D eigenvalue weighted by Crippen LogP contribution is -2.47. The van der Waals surface area contributed by atoms with Crippen LogP contribution >= 0.6 is 12.4 Å². The van der Waals surface area contributed by atoms with E-state index in [0.717, 1.165) is 38.9 Å². The topological polar surface area (TPSA) is 92.7 Å². The van der Waals surface area contributed by atoms with Crippen molar-refractivity contribution in [3.05, 3.63) is 0 Å². The number of piperidine rings is 1. The van der Waals surface area contributed by atoms with Crippen LogP contribution in [0.1, 0.15) is 26.2 Å². The van der Waals surface area contributed by atoms with Crippen molar-refractivity contribution in [2.45, 2.75) is 26.2 Å². The van der Waals surface area contributed by atoms with Gasteiger partial charge in [0, 0.05) is 19.6 Å². The van der Waals surface area contributed by atoms with Gasteiger partial charge in [-0.05, 0) is 37.8 Å². The Labute approximate surface area is 132 Å². The smallest absolute Gasteiger partial charge is 0.236 e. The van der Waals surface area contributed by atoms with E-state index < -0.39 is 0 Å². The average molecular weight is 319 g/mol. The Morgan fingerprint density at radius 2 is 2.05 bits per heavy atom. The highest BCUT2D eigenvalue weighted by Crippen LogP contribution is 2.28. The molecule has 0 aromatic rings. The molecule has 0 radical (unpaired) electrons. The van der Waals surface area contributed by atoms with Crippen LogP contribution in [0.2, 0.25) is 0 Å². The van der Waals surface area contributed by atoms with E-state index in [1.165, 1.54) is 0 Å². The summed E-state index contributed by atoms with van der Waals surface area (Å²) in [5.41, 5.74) is 11.3. The average Bonchev–Trinajstić information content (AvgIpc) is 2.81. The Bertz CT molecular complexity index is 393. The largest absolute Gasteiger partial charge is 0.369 e. The van der Waals surface area contributed by atoms with Gasteiger partial charge in [-0.1, -0.05) is 6.92 Å². The van der Waals surface area contributed by atoms with Crippen molar-refractivity contribution in [3.8, 4) is 0 Å². The molecule has 2 rings (SSSR count). The zero-order valence-corrected chi connectivity index (χ0v) is 13.5. The van der Waals surface area contributed by atoms with Gasteiger partial charge < -0.3 is 16.4 Å². The van der Waals surface area contributed by atoms with Gasteiger partial charge in [0.25, 0.3) is 0 Å². The zero-order valence-electron chi connectivity index (χ0n) is 12.7. The molecule has 0 aromatic heterocycles. The second-order valence-electron chi connectivity index (χ2n) is 6.56. The van der Waals surface area contributed by atoms with Crippen molar-refractivity contribution in [2.75, 3.05) is 39.3 Å². The van der Waals surface area contributed by atoms with Gasteiger partial charge in [-0.2, -0.15) is 0 Å². The highest BCUT2D eigenvalue weighted by Gasteiger charge is 2.34. The maximum Gasteiger partial charge on any atom is 0.236 e. The van der Waals surface area contributed by atoms with Crippen molar-refractivity contribution in [2.24, 2.45) is 22.8 Å². The van der Waals surface area contributed by atoms with E-state index >= 15 is 0 Å². The zero-order chi connectivity index (χ0) is 14.8. The predicted octanol–water partition coefficient (Wildman–Crippen LogP) is -0.197. The molecule has 0 aliphatic carbocycles. The van der Waals surface area contributed by atoms with Gasteiger partial charge in [0.1, 0.15) is 0 Å². The second-order valence-corrected chi connectivity index (χ2v) is 6.56. The molecule has 2 saturated heterocycles. The normalized spacial score (nSPS) is 30.0. The minimum atomic E-state index is -0.292. The molecule has 7 heteroatoms. The predicted molar refractivity (Wildman–Crippen MR) is 84.0 cm³/mol. The van der Waals surface area contributed by atoms with Crippen molar-refractivity contribution in [1.82, 2.24) is 9.80 Å². The molecular formula is C14H27ClN4O2. The molecule has 0 spiro atoms. The van der Waals surface area contributed by atoms with E-state index in [-0.39, 0.29) is 35.6 Å². The molecule has 122 valence electrons. The van der Waals surface area contributed by atoms with Crippen molar-refractivity contribution in [3.63, 3.8) is 0 Å². The first-order valence-electron chi connectivity index (χ1n) is 7.43. The van der Waals surface area contributed by atoms with Crippen LogP contribution < -0.4 is 11.5 Å². The number of likely N-dealkylation sites (tertiary alicyclic amines) is 2. The number of carbonyl (C=O) groups is 2. The van der Waals surface area contributed by atoms with E-state index in [2.05, 4.69) is 11.8 Å². The Kier molecular flexibility index (Phi) is 6.43. The standard InChI is InChI=1S/C14H26N4O2.ClH/c1-14(9-15)4-6-17(10-14)8-12(19)18-5-2-3-11(7-18)13(16)20;/h11H,2-10,15H2,1H3,(H2,16,20);1H. The number of carbonyl (C=O) groups excluding carboxylic acids is 2. The number of nitrogens with zero attached hydrogens (tertiary/aromatic N) is 2. The van der Waals surface area contributed by atoms with Crippen molar-refractivity contribution < 1.29 is 9.59 Å². The molecule has 2 fully saturated rings. The maximum absolute atomic E-state index is 12.3. The van der Waals surface area contributed by atoms with Crippen LogP contribution in [-0.2, 0) is 9.59 Å². The Balaban J connectivity index is 0.00000220. The molecule has 2 atom stereocenters. The molecule has 0 aromatic carbocycles. The third kappa shape index (κ3) is 4.56. The SMILES string of the molecule is CC1(CN)CCN(CC(=O)N2CCCC(C(N)=O)C2)C1.Cl. The summed E-state index contributed by atoms with van der Waals surface area (Å²) in [5.74, 6) is -0.364. The minimum Gasteiger partial charge on any atom is -0.369 e. The van der Waals surface area contributed by atoms with Crippen LogP contribution in [0, 0.1) is 11.3 Å². The lowest BCUT2D eigenvalue weighted by molar-refractivity contribution is -0.135. The highest BCUT2D eigenvalue weighted by molar-refractivity contribution is 5.85. The summed E-state index contributed by atoms with van der Waals surface area (Å²) in [7, 11) is 0. The molecular weight excluding hydrogens is 292 g/mol. The van der Waals surface area contributed by atoms with Crippen LogP contribution in [0.3, 0.4) is 0 Å². The summed E-state index contributed by atoms with van der Waals surface area (Å²) >= 11 is 0. The third-order valence-electron chi connectivity index (χ3n) is 4.67. The summed E-state index contributed by atoms with van der Waals surface area (Å²) < 4.78 is 0. The van der Waals surface area contributed by atoms with Crippen LogP contribution in [0.5, 0.6) is 0 Å². The number of hydrogen-bond acceptors (Lipinski definition) is 4. The van der Waals surface area contributed by atoms with E-state index in [4.69, 9.17) is 11.5 Å². The molecule has 6 nitrogen and oxygen atoms in total. The third-order valence-corrected chi connectivity index (χ3v) is 4.67. The first-order chi connectivity index (χ1) is 9.43. The lowest BCUT2D eigenvalue weighted by atomic mass is 9.90. The Hall–Kier alpha value is -0.850. The van der Waals surface area contributed by atoms with Crippen LogP contribution in [0.4, 0.5) is 0 Å². The summed E-state index contributed by atoms with van der Waals surface area (Å²) in [6, 6.07) is 0. The minimum absolute atomic E-state index is 0. The van der Waals surface area contributed by atoms with Gasteiger partial charge in [0.05, 0.1) is 12.5 Å². The quantitative estimate of drug-likeness (QED) is 0.751. The summed E-state index contributed by atoms with van der Waals surface area (Å²) in [5, 5.41) is 0. The van der Waals surface area contributed by atoms with E-state index in [9.17, 15) is 9.59 Å². The van der Waals surface area contributed by atoms with Crippen LogP contribution in [0.25, 0.3) is 0 Å². The fraction of sp³-hybridized carbons (Fsp3) is 0.857. The number of nitrogens with two attached hydrogens (primary N) is 2. The van der Waals surface area contributed by atoms with Crippen molar-refractivity contribution in [1.29, 1.82) is 0 Å². The van der Waals surface area contributed by atoms with Gasteiger partial charge in [-0.3, -0.25) is 14.5 Å². The lowest BCUT2D eigenvalue weighted by Gasteiger charge is -2.32. The van der Waals surface area contributed by atoms with Crippen molar-refractivity contribution >= 4 is 24.2 Å². The van der Waals surface area contributed by atoms with Gasteiger partial charge in [-0.25, -0.2) is 0 Å². The van der Waals surface area contributed by atoms with E-state index in [0.29, 0.717) is 19.6 Å². The highest BCUT2D eigenvalue weighted by atomic mass is 35.5. The van der Waals surface area contributed by atoms with Gasteiger partial charge >= 0.3 is 0 Å². The molecule has 0 saturated carbocycles. The second kappa shape index (κ2) is 7.42. The first-order valence-corrected chi connectivity index (χ1v) is 7.43. The van der Waals surface area contributed by atoms with Gasteiger partial charge in [-0.15, -0.1) is 12.4 Å². The molecule has 21 heavy (non-hydrogen) atoms. The van der Waals surface area contributed by atoms with E-state index in [1.54, 1.807) is 4.90 Å². The molecule has 2 heterocycles. The first kappa shape index (κ1) is 18.2. The van der Waals surface area contributed by atoms with E-state index in [1.807, 2.05) is 0 Å². The summed E-state index contributed by atoms with van der Waals surface area (Å²) in [6.07, 6.45) is 2.70. The fourth-order valence-corrected chi connectivity index (χ4v) is 3.15. The molecule has 2 amide bonds. The molecule has 2 aliphatic heterocycles.